The van der Waals surface area contributed by atoms with Crippen LogP contribution in [0.4, 0.5) is 4.79 Å². The number of aryl methyl sites for hydroxylation is 2. The van der Waals surface area contributed by atoms with Gasteiger partial charge in [0, 0.05) is 5.92 Å². The average Bonchev–Trinajstić information content (AvgIpc) is 3.43. The fraction of sp³-hybridized carbons (Fsp3) is 0.591. The fourth-order valence-electron chi connectivity index (χ4n) is 4.93. The molecule has 1 atom stereocenters. The van der Waals surface area contributed by atoms with Crippen molar-refractivity contribution in [1.29, 1.82) is 0 Å². The molecule has 0 radical (unpaired) electrons. The Morgan fingerprint density at radius 2 is 1.90 bits per heavy atom. The Kier molecular flexibility index (Phi) is 4.38. The Morgan fingerprint density at radius 3 is 2.62 bits per heavy atom. The number of imide groups is 1. The maximum atomic E-state index is 13.2. The number of carbonyl (C=O) groups is 3. The molecule has 3 fully saturated rings. The third kappa shape index (κ3) is 3.21. The number of benzene rings is 1. The molecule has 7 nitrogen and oxygen atoms in total. The normalized spacial score (nSPS) is 27.3. The summed E-state index contributed by atoms with van der Waals surface area (Å²) < 4.78 is 0. The van der Waals surface area contributed by atoms with Gasteiger partial charge in [-0.1, -0.05) is 18.2 Å². The van der Waals surface area contributed by atoms with E-state index in [2.05, 4.69) is 17.4 Å². The summed E-state index contributed by atoms with van der Waals surface area (Å²) in [6.45, 7) is 5.12. The van der Waals surface area contributed by atoms with Crippen LogP contribution < -0.4 is 10.2 Å². The van der Waals surface area contributed by atoms with Crippen LogP contribution >= 0.6 is 0 Å². The second-order valence-electron chi connectivity index (χ2n) is 9.13. The van der Waals surface area contributed by atoms with Crippen molar-refractivity contribution >= 4 is 17.8 Å². The molecule has 1 saturated carbocycles. The van der Waals surface area contributed by atoms with Crippen molar-refractivity contribution in [2.45, 2.75) is 44.6 Å². The van der Waals surface area contributed by atoms with Crippen molar-refractivity contribution in [2.75, 3.05) is 32.8 Å². The van der Waals surface area contributed by atoms with Gasteiger partial charge < -0.3 is 15.1 Å². The number of piperazine rings is 1. The molecule has 2 N–H and O–H groups in total. The summed E-state index contributed by atoms with van der Waals surface area (Å²) in [5.74, 6) is 0.350. The third-order valence-corrected chi connectivity index (χ3v) is 7.04. The van der Waals surface area contributed by atoms with Crippen molar-refractivity contribution in [1.82, 2.24) is 15.1 Å². The van der Waals surface area contributed by atoms with E-state index in [4.69, 9.17) is 0 Å². The minimum absolute atomic E-state index is 0.176. The molecule has 2 heterocycles. The van der Waals surface area contributed by atoms with E-state index in [1.54, 1.807) is 0 Å². The number of quaternary nitrogens is 1. The van der Waals surface area contributed by atoms with Crippen molar-refractivity contribution in [3.63, 3.8) is 0 Å². The second kappa shape index (κ2) is 6.83. The average molecular weight is 397 g/mol. The topological polar surface area (TPSA) is 74.2 Å². The summed E-state index contributed by atoms with van der Waals surface area (Å²) >= 11 is 0. The summed E-state index contributed by atoms with van der Waals surface area (Å²) in [5, 5.41) is 2.94. The van der Waals surface area contributed by atoms with Crippen LogP contribution in [-0.2, 0) is 28.0 Å². The number of hydrogen-bond acceptors (Lipinski definition) is 3. The van der Waals surface area contributed by atoms with E-state index in [9.17, 15) is 14.4 Å². The lowest BCUT2D eigenvalue weighted by Crippen LogP contribution is -3.16. The van der Waals surface area contributed by atoms with Gasteiger partial charge in [-0.25, -0.2) is 9.69 Å². The zero-order chi connectivity index (χ0) is 20.2. The molecule has 154 valence electrons. The summed E-state index contributed by atoms with van der Waals surface area (Å²) in [7, 11) is 0. The minimum atomic E-state index is -1.00. The quantitative estimate of drug-likeness (QED) is 0.705. The maximum absolute atomic E-state index is 13.2. The predicted octanol–water partition coefficient (Wildman–Crippen LogP) is 0.0369. The lowest BCUT2D eigenvalue weighted by molar-refractivity contribution is -0.911. The van der Waals surface area contributed by atoms with Gasteiger partial charge in [-0.2, -0.15) is 0 Å². The van der Waals surface area contributed by atoms with E-state index < -0.39 is 5.54 Å². The molecule has 0 unspecified atom stereocenters. The molecule has 0 spiro atoms. The van der Waals surface area contributed by atoms with Gasteiger partial charge in [-0.15, -0.1) is 0 Å². The Hall–Kier alpha value is -2.41. The number of carbonyl (C=O) groups excluding carboxylic acids is 3. The SMILES string of the molecule is C[C@]1(c2ccc3c(c2)CCC3)NC(=O)N(C[NH+]2CCN(C(=O)C3CC3)CC2)C1=O. The second-order valence-corrected chi connectivity index (χ2v) is 9.13. The maximum Gasteiger partial charge on any atom is 0.329 e. The highest BCUT2D eigenvalue weighted by Crippen LogP contribution is 2.32. The largest absolute Gasteiger partial charge is 0.331 e. The van der Waals surface area contributed by atoms with Crippen LogP contribution in [0.1, 0.15) is 42.9 Å². The van der Waals surface area contributed by atoms with Gasteiger partial charge in [0.25, 0.3) is 5.91 Å². The van der Waals surface area contributed by atoms with Crippen LogP contribution in [0.2, 0.25) is 0 Å². The van der Waals surface area contributed by atoms with Gasteiger partial charge in [-0.05, 0) is 55.7 Å². The standard InChI is InChI=1S/C22H28N4O3/c1-22(18-8-7-15-3-2-4-17(15)13-18)20(28)26(21(29)23-22)14-24-9-11-25(12-10-24)19(27)16-5-6-16/h7-8,13,16H,2-6,9-12,14H2,1H3,(H,23,29)/p+1/t22-/m1/s1. The number of urea groups is 1. The monoisotopic (exact) mass is 397 g/mol. The molecule has 1 aromatic rings. The fourth-order valence-corrected chi connectivity index (χ4v) is 4.93. The summed E-state index contributed by atoms with van der Waals surface area (Å²) in [6.07, 6.45) is 5.34. The molecule has 29 heavy (non-hydrogen) atoms. The van der Waals surface area contributed by atoms with E-state index in [0.717, 1.165) is 50.8 Å². The lowest BCUT2D eigenvalue weighted by atomic mass is 9.90. The molecule has 0 aromatic heterocycles. The van der Waals surface area contributed by atoms with Crippen LogP contribution in [0.25, 0.3) is 0 Å². The number of amides is 4. The van der Waals surface area contributed by atoms with Gasteiger partial charge in [0.05, 0.1) is 26.2 Å². The highest BCUT2D eigenvalue weighted by Gasteiger charge is 2.50. The summed E-state index contributed by atoms with van der Waals surface area (Å²) in [4.78, 5) is 42.6. The van der Waals surface area contributed by atoms with Crippen LogP contribution in [0, 0.1) is 5.92 Å². The molecule has 7 heteroatoms. The molecule has 2 aliphatic carbocycles. The van der Waals surface area contributed by atoms with Crippen molar-refractivity contribution in [3.05, 3.63) is 34.9 Å². The Morgan fingerprint density at radius 1 is 1.17 bits per heavy atom. The van der Waals surface area contributed by atoms with Crippen LogP contribution in [-0.4, -0.2) is 60.5 Å². The van der Waals surface area contributed by atoms with Gasteiger partial charge in [-0.3, -0.25) is 9.59 Å². The van der Waals surface area contributed by atoms with E-state index in [-0.39, 0.29) is 23.8 Å². The lowest BCUT2D eigenvalue weighted by Gasteiger charge is -2.33. The summed E-state index contributed by atoms with van der Waals surface area (Å²) in [5.41, 5.74) is 2.52. The molecule has 4 amide bonds. The van der Waals surface area contributed by atoms with Gasteiger partial charge in [0.1, 0.15) is 5.54 Å². The number of nitrogens with one attached hydrogen (secondary N) is 2. The first-order valence-electron chi connectivity index (χ1n) is 10.8. The number of nitrogens with zero attached hydrogens (tertiary/aromatic N) is 2. The first kappa shape index (κ1) is 18.6. The van der Waals surface area contributed by atoms with E-state index in [1.807, 2.05) is 17.9 Å². The van der Waals surface area contributed by atoms with Crippen LogP contribution in [0.5, 0.6) is 0 Å². The van der Waals surface area contributed by atoms with E-state index in [0.29, 0.717) is 19.8 Å². The predicted molar refractivity (Wildman–Crippen MR) is 106 cm³/mol. The highest BCUT2D eigenvalue weighted by atomic mass is 16.2. The molecule has 2 aliphatic heterocycles. The molecule has 0 bridgehead atoms. The highest BCUT2D eigenvalue weighted by molar-refractivity contribution is 6.07. The molecule has 1 aromatic carbocycles. The van der Waals surface area contributed by atoms with E-state index in [1.165, 1.54) is 20.9 Å². The number of rotatable bonds is 4. The Balaban J connectivity index is 1.25. The Labute approximate surface area is 171 Å². The minimum Gasteiger partial charge on any atom is -0.331 e. The van der Waals surface area contributed by atoms with Gasteiger partial charge in [0.15, 0.2) is 6.67 Å². The third-order valence-electron chi connectivity index (χ3n) is 7.04. The molecule has 4 aliphatic rings. The number of fused-ring (bicyclic) bond motifs is 1. The first-order chi connectivity index (χ1) is 14.0. The molecular formula is C22H29N4O3+. The molecule has 5 rings (SSSR count). The molecule has 2 saturated heterocycles. The summed E-state index contributed by atoms with van der Waals surface area (Å²) in [6, 6.07) is 5.87. The van der Waals surface area contributed by atoms with Crippen molar-refractivity contribution in [3.8, 4) is 0 Å². The van der Waals surface area contributed by atoms with Crippen molar-refractivity contribution < 1.29 is 19.3 Å². The number of hydrogen-bond donors (Lipinski definition) is 2. The van der Waals surface area contributed by atoms with Gasteiger partial charge >= 0.3 is 6.03 Å². The van der Waals surface area contributed by atoms with Crippen LogP contribution in [0.15, 0.2) is 18.2 Å². The zero-order valence-corrected chi connectivity index (χ0v) is 17.0. The van der Waals surface area contributed by atoms with Gasteiger partial charge in [0.2, 0.25) is 5.91 Å². The first-order valence-corrected chi connectivity index (χ1v) is 10.8. The van der Waals surface area contributed by atoms with E-state index >= 15 is 0 Å². The van der Waals surface area contributed by atoms with Crippen LogP contribution in [0.3, 0.4) is 0 Å². The zero-order valence-electron chi connectivity index (χ0n) is 17.0. The van der Waals surface area contributed by atoms with Crippen molar-refractivity contribution in [2.24, 2.45) is 5.92 Å². The molecular weight excluding hydrogens is 368 g/mol. The Bertz CT molecular complexity index is 873. The smallest absolute Gasteiger partial charge is 0.329 e.